The first-order chi connectivity index (χ1) is 8.22. The van der Waals surface area contributed by atoms with Crippen LogP contribution in [0.25, 0.3) is 10.9 Å². The Morgan fingerprint density at radius 3 is 2.88 bits per heavy atom. The predicted octanol–water partition coefficient (Wildman–Crippen LogP) is 4.10. The third kappa shape index (κ3) is 2.09. The lowest BCUT2D eigenvalue weighted by molar-refractivity contribution is 0.309. The van der Waals surface area contributed by atoms with Crippen LogP contribution in [0, 0.1) is 5.92 Å². The van der Waals surface area contributed by atoms with Crippen LogP contribution in [0.3, 0.4) is 0 Å². The average Bonchev–Trinajstić information content (AvgIpc) is 2.27. The van der Waals surface area contributed by atoms with Crippen molar-refractivity contribution < 1.29 is 0 Å². The topological polar surface area (TPSA) is 24.9 Å². The van der Waals surface area contributed by atoms with Crippen LogP contribution >= 0.6 is 11.6 Å². The van der Waals surface area contributed by atoms with Crippen LogP contribution in [0.1, 0.15) is 19.8 Å². The molecule has 1 aromatic carbocycles. The van der Waals surface area contributed by atoms with E-state index in [0.717, 1.165) is 21.8 Å². The van der Waals surface area contributed by atoms with E-state index < -0.39 is 0 Å². The molecule has 3 rings (SSSR count). The van der Waals surface area contributed by atoms with Gasteiger partial charge in [0.25, 0.3) is 0 Å². The summed E-state index contributed by atoms with van der Waals surface area (Å²) in [6, 6.07) is 8.52. The van der Waals surface area contributed by atoms with Crippen molar-refractivity contribution in [3.8, 4) is 0 Å². The van der Waals surface area contributed by atoms with E-state index >= 15 is 0 Å². The molecule has 1 fully saturated rings. The molecule has 1 aliphatic carbocycles. The molecule has 1 aliphatic rings. The van der Waals surface area contributed by atoms with Crippen molar-refractivity contribution in [2.24, 2.45) is 5.92 Å². The first-order valence-electron chi connectivity index (χ1n) is 6.03. The molecule has 2 nitrogen and oxygen atoms in total. The SMILES string of the molecule is CC1CC(Nc2ccnc3cc(Cl)ccc23)C1. The largest absolute Gasteiger partial charge is 0.382 e. The lowest BCUT2D eigenvalue weighted by Gasteiger charge is -2.34. The number of halogens is 1. The number of rotatable bonds is 2. The van der Waals surface area contributed by atoms with E-state index in [1.807, 2.05) is 30.5 Å². The highest BCUT2D eigenvalue weighted by Gasteiger charge is 2.25. The van der Waals surface area contributed by atoms with Gasteiger partial charge in [-0.2, -0.15) is 0 Å². The number of fused-ring (bicyclic) bond motifs is 1. The summed E-state index contributed by atoms with van der Waals surface area (Å²) in [5, 5.41) is 5.47. The van der Waals surface area contributed by atoms with Gasteiger partial charge in [-0.3, -0.25) is 4.98 Å². The number of pyridine rings is 1. The van der Waals surface area contributed by atoms with Gasteiger partial charge in [-0.1, -0.05) is 18.5 Å². The Balaban J connectivity index is 1.93. The number of nitrogens with one attached hydrogen (secondary N) is 1. The van der Waals surface area contributed by atoms with Gasteiger partial charge in [0.15, 0.2) is 0 Å². The zero-order chi connectivity index (χ0) is 11.8. The van der Waals surface area contributed by atoms with Crippen LogP contribution in [-0.4, -0.2) is 11.0 Å². The summed E-state index contributed by atoms with van der Waals surface area (Å²) < 4.78 is 0. The molecule has 0 amide bonds. The Labute approximate surface area is 106 Å². The average molecular weight is 247 g/mol. The molecule has 0 atom stereocenters. The Bertz CT molecular complexity index is 547. The van der Waals surface area contributed by atoms with Gasteiger partial charge in [-0.15, -0.1) is 0 Å². The summed E-state index contributed by atoms with van der Waals surface area (Å²) in [4.78, 5) is 4.34. The van der Waals surface area contributed by atoms with Gasteiger partial charge in [0, 0.05) is 28.3 Å². The maximum atomic E-state index is 5.97. The molecule has 0 spiro atoms. The highest BCUT2D eigenvalue weighted by atomic mass is 35.5. The van der Waals surface area contributed by atoms with Crippen molar-refractivity contribution in [1.29, 1.82) is 0 Å². The van der Waals surface area contributed by atoms with Crippen molar-refractivity contribution in [2.45, 2.75) is 25.8 Å². The Morgan fingerprint density at radius 2 is 2.12 bits per heavy atom. The molecule has 17 heavy (non-hydrogen) atoms. The van der Waals surface area contributed by atoms with Gasteiger partial charge in [0.1, 0.15) is 0 Å². The van der Waals surface area contributed by atoms with Crippen molar-refractivity contribution in [3.63, 3.8) is 0 Å². The van der Waals surface area contributed by atoms with Gasteiger partial charge in [0.05, 0.1) is 5.52 Å². The van der Waals surface area contributed by atoms with E-state index in [4.69, 9.17) is 11.6 Å². The molecule has 2 aromatic rings. The van der Waals surface area contributed by atoms with Crippen molar-refractivity contribution in [1.82, 2.24) is 4.98 Å². The van der Waals surface area contributed by atoms with Gasteiger partial charge in [0.2, 0.25) is 0 Å². The molecule has 0 radical (unpaired) electrons. The smallest absolute Gasteiger partial charge is 0.0737 e. The van der Waals surface area contributed by atoms with Crippen LogP contribution in [0.15, 0.2) is 30.5 Å². The molecular weight excluding hydrogens is 232 g/mol. The summed E-state index contributed by atoms with van der Waals surface area (Å²) in [5.74, 6) is 0.857. The van der Waals surface area contributed by atoms with Crippen molar-refractivity contribution in [2.75, 3.05) is 5.32 Å². The second kappa shape index (κ2) is 4.19. The number of nitrogens with zero attached hydrogens (tertiary/aromatic N) is 1. The molecule has 1 aromatic heterocycles. The van der Waals surface area contributed by atoms with E-state index in [-0.39, 0.29) is 0 Å². The summed E-state index contributed by atoms with van der Waals surface area (Å²) >= 11 is 5.97. The number of hydrogen-bond acceptors (Lipinski definition) is 2. The van der Waals surface area contributed by atoms with E-state index in [2.05, 4.69) is 17.2 Å². The summed E-state index contributed by atoms with van der Waals surface area (Å²) in [6.45, 7) is 2.29. The number of benzene rings is 1. The van der Waals surface area contributed by atoms with Gasteiger partial charge < -0.3 is 5.32 Å². The fourth-order valence-corrected chi connectivity index (χ4v) is 2.65. The Kier molecular flexibility index (Phi) is 2.67. The minimum absolute atomic E-state index is 0.617. The molecular formula is C14H15ClN2. The van der Waals surface area contributed by atoms with Gasteiger partial charge in [-0.05, 0) is 43.0 Å². The Morgan fingerprint density at radius 1 is 1.29 bits per heavy atom. The van der Waals surface area contributed by atoms with Crippen LogP contribution in [0.4, 0.5) is 5.69 Å². The monoisotopic (exact) mass is 246 g/mol. The lowest BCUT2D eigenvalue weighted by atomic mass is 9.82. The number of anilines is 1. The minimum atomic E-state index is 0.617. The van der Waals surface area contributed by atoms with Crippen LogP contribution in [-0.2, 0) is 0 Å². The highest BCUT2D eigenvalue weighted by Crippen LogP contribution is 2.32. The molecule has 1 heterocycles. The number of aromatic nitrogens is 1. The van der Waals surface area contributed by atoms with Gasteiger partial charge in [-0.25, -0.2) is 0 Å². The minimum Gasteiger partial charge on any atom is -0.382 e. The molecule has 1 saturated carbocycles. The zero-order valence-corrected chi connectivity index (χ0v) is 10.5. The Hall–Kier alpha value is -1.28. The van der Waals surface area contributed by atoms with Crippen LogP contribution in [0.5, 0.6) is 0 Å². The summed E-state index contributed by atoms with van der Waals surface area (Å²) in [5.41, 5.74) is 2.12. The third-order valence-corrected chi connectivity index (χ3v) is 3.67. The fourth-order valence-electron chi connectivity index (χ4n) is 2.49. The molecule has 88 valence electrons. The molecule has 0 aliphatic heterocycles. The quantitative estimate of drug-likeness (QED) is 0.863. The van der Waals surface area contributed by atoms with E-state index in [9.17, 15) is 0 Å². The maximum Gasteiger partial charge on any atom is 0.0737 e. The fraction of sp³-hybridized carbons (Fsp3) is 0.357. The molecule has 0 saturated heterocycles. The lowest BCUT2D eigenvalue weighted by Crippen LogP contribution is -2.33. The third-order valence-electron chi connectivity index (χ3n) is 3.44. The van der Waals surface area contributed by atoms with E-state index in [1.54, 1.807) is 0 Å². The summed E-state index contributed by atoms with van der Waals surface area (Å²) in [6.07, 6.45) is 4.36. The predicted molar refractivity (Wildman–Crippen MR) is 72.6 cm³/mol. The van der Waals surface area contributed by atoms with Gasteiger partial charge >= 0.3 is 0 Å². The van der Waals surface area contributed by atoms with Crippen molar-refractivity contribution in [3.05, 3.63) is 35.5 Å². The molecule has 0 bridgehead atoms. The first kappa shape index (κ1) is 10.8. The summed E-state index contributed by atoms with van der Waals surface area (Å²) in [7, 11) is 0. The zero-order valence-electron chi connectivity index (χ0n) is 9.78. The number of hydrogen-bond donors (Lipinski definition) is 1. The van der Waals surface area contributed by atoms with Crippen LogP contribution < -0.4 is 5.32 Å². The maximum absolute atomic E-state index is 5.97. The molecule has 0 unspecified atom stereocenters. The second-order valence-electron chi connectivity index (χ2n) is 4.94. The molecule has 3 heteroatoms. The van der Waals surface area contributed by atoms with Crippen molar-refractivity contribution >= 4 is 28.2 Å². The standard InChI is InChI=1S/C14H15ClN2/c1-9-6-11(7-9)17-13-4-5-16-14-8-10(15)2-3-12(13)14/h2-5,8-9,11H,6-7H2,1H3,(H,16,17). The second-order valence-corrected chi connectivity index (χ2v) is 5.37. The van der Waals surface area contributed by atoms with E-state index in [1.165, 1.54) is 18.5 Å². The highest BCUT2D eigenvalue weighted by molar-refractivity contribution is 6.31. The first-order valence-corrected chi connectivity index (χ1v) is 6.41. The van der Waals surface area contributed by atoms with Crippen LogP contribution in [0.2, 0.25) is 5.02 Å². The normalized spacial score (nSPS) is 23.4. The van der Waals surface area contributed by atoms with E-state index in [0.29, 0.717) is 6.04 Å². The molecule has 1 N–H and O–H groups in total.